The predicted molar refractivity (Wildman–Crippen MR) is 92.6 cm³/mol. The second-order valence-electron chi connectivity index (χ2n) is 8.01. The van der Waals surface area contributed by atoms with Gasteiger partial charge in [0.05, 0.1) is 6.42 Å². The molecule has 0 radical (unpaired) electrons. The van der Waals surface area contributed by atoms with Crippen molar-refractivity contribution in [3.63, 3.8) is 0 Å². The summed E-state index contributed by atoms with van der Waals surface area (Å²) in [7, 11) is 0. The Bertz CT molecular complexity index is 547. The Labute approximate surface area is 139 Å². The van der Waals surface area contributed by atoms with Gasteiger partial charge in [0.25, 0.3) is 0 Å². The van der Waals surface area contributed by atoms with Gasteiger partial charge in [-0.25, -0.2) is 0 Å². The van der Waals surface area contributed by atoms with E-state index in [0.717, 1.165) is 5.56 Å². The Morgan fingerprint density at radius 2 is 1.52 bits per heavy atom. The largest absolute Gasteiger partial charge is 0.481 e. The zero-order chi connectivity index (χ0) is 17.8. The first-order valence-corrected chi connectivity index (χ1v) is 8.02. The van der Waals surface area contributed by atoms with Crippen LogP contribution in [-0.2, 0) is 11.3 Å². The summed E-state index contributed by atoms with van der Waals surface area (Å²) in [5.74, 6) is -0.659. The summed E-state index contributed by atoms with van der Waals surface area (Å²) in [4.78, 5) is 25.2. The van der Waals surface area contributed by atoms with Crippen molar-refractivity contribution in [2.75, 3.05) is 6.54 Å². The van der Waals surface area contributed by atoms with Gasteiger partial charge in [-0.05, 0) is 26.3 Å². The number of Topliss-reactive ketones (excluding diaryl/α,β-unsaturated/α-hetero) is 1. The van der Waals surface area contributed by atoms with Gasteiger partial charge in [-0.1, -0.05) is 45.0 Å². The standard InChI is InChI=1S/C19H29NO3/c1-18(2,3)17(23)15-9-7-14(8-10-15)13-20(19(4,5)6)12-11-16(21)22/h7-10H,11-13H2,1-6H3,(H,21,22). The summed E-state index contributed by atoms with van der Waals surface area (Å²) < 4.78 is 0. The molecule has 1 aromatic rings. The lowest BCUT2D eigenvalue weighted by Crippen LogP contribution is -2.42. The van der Waals surface area contributed by atoms with Crippen molar-refractivity contribution in [3.8, 4) is 0 Å². The van der Waals surface area contributed by atoms with Crippen molar-refractivity contribution < 1.29 is 14.7 Å². The van der Waals surface area contributed by atoms with Crippen molar-refractivity contribution in [1.82, 2.24) is 4.90 Å². The summed E-state index contributed by atoms with van der Waals surface area (Å²) in [6.07, 6.45) is 0.123. The average molecular weight is 319 g/mol. The first-order chi connectivity index (χ1) is 10.4. The van der Waals surface area contributed by atoms with E-state index in [1.165, 1.54) is 0 Å². The minimum absolute atomic E-state index is 0.116. The molecule has 0 aliphatic rings. The Morgan fingerprint density at radius 3 is 1.91 bits per heavy atom. The number of rotatable bonds is 6. The van der Waals surface area contributed by atoms with Crippen LogP contribution in [0.5, 0.6) is 0 Å². The summed E-state index contributed by atoms with van der Waals surface area (Å²) in [6, 6.07) is 7.64. The fraction of sp³-hybridized carbons (Fsp3) is 0.579. The molecular formula is C19H29NO3. The molecule has 128 valence electrons. The van der Waals surface area contributed by atoms with Gasteiger partial charge in [0.1, 0.15) is 0 Å². The van der Waals surface area contributed by atoms with E-state index in [9.17, 15) is 9.59 Å². The van der Waals surface area contributed by atoms with Gasteiger partial charge < -0.3 is 5.11 Å². The zero-order valence-electron chi connectivity index (χ0n) is 15.1. The predicted octanol–water partition coefficient (Wildman–Crippen LogP) is 3.99. The number of ketones is 1. The van der Waals surface area contributed by atoms with Crippen molar-refractivity contribution in [3.05, 3.63) is 35.4 Å². The van der Waals surface area contributed by atoms with Crippen LogP contribution < -0.4 is 0 Å². The SMILES string of the molecule is CC(C)(C)C(=O)c1ccc(CN(CCC(=O)O)C(C)(C)C)cc1. The highest BCUT2D eigenvalue weighted by atomic mass is 16.4. The Balaban J connectivity index is 2.85. The van der Waals surface area contributed by atoms with E-state index in [4.69, 9.17) is 5.11 Å². The number of carbonyl (C=O) groups is 2. The molecule has 0 saturated heterocycles. The molecule has 0 heterocycles. The average Bonchev–Trinajstić information content (AvgIpc) is 2.40. The smallest absolute Gasteiger partial charge is 0.304 e. The second kappa shape index (κ2) is 7.26. The van der Waals surface area contributed by atoms with Gasteiger partial charge in [0.2, 0.25) is 0 Å². The number of aliphatic carboxylic acids is 1. The third-order valence-corrected chi connectivity index (χ3v) is 3.82. The molecule has 0 spiro atoms. The normalized spacial score (nSPS) is 12.5. The molecule has 0 aromatic heterocycles. The number of hydrogen-bond acceptors (Lipinski definition) is 3. The van der Waals surface area contributed by atoms with Crippen LogP contribution in [0.1, 0.15) is 63.9 Å². The molecule has 23 heavy (non-hydrogen) atoms. The summed E-state index contributed by atoms with van der Waals surface area (Å²) in [5.41, 5.74) is 1.29. The zero-order valence-corrected chi connectivity index (χ0v) is 15.1. The number of carboxylic acid groups (broad SMARTS) is 1. The fourth-order valence-corrected chi connectivity index (χ4v) is 2.30. The third kappa shape index (κ3) is 6.14. The molecule has 1 aromatic carbocycles. The second-order valence-corrected chi connectivity index (χ2v) is 8.01. The van der Waals surface area contributed by atoms with E-state index in [1.807, 2.05) is 45.0 Å². The summed E-state index contributed by atoms with van der Waals surface area (Å²) in [6.45, 7) is 13.1. The van der Waals surface area contributed by atoms with E-state index in [0.29, 0.717) is 18.7 Å². The molecule has 1 rings (SSSR count). The van der Waals surface area contributed by atoms with Crippen molar-refractivity contribution in [1.29, 1.82) is 0 Å². The van der Waals surface area contributed by atoms with Crippen LogP contribution in [0.3, 0.4) is 0 Å². The quantitative estimate of drug-likeness (QED) is 0.805. The van der Waals surface area contributed by atoms with Crippen molar-refractivity contribution in [2.24, 2.45) is 5.41 Å². The van der Waals surface area contributed by atoms with Crippen LogP contribution in [0.4, 0.5) is 0 Å². The molecule has 0 saturated carbocycles. The molecule has 0 atom stereocenters. The number of hydrogen-bond donors (Lipinski definition) is 1. The lowest BCUT2D eigenvalue weighted by Gasteiger charge is -2.35. The van der Waals surface area contributed by atoms with Crippen molar-refractivity contribution in [2.45, 2.75) is 60.0 Å². The van der Waals surface area contributed by atoms with Crippen LogP contribution >= 0.6 is 0 Å². The molecule has 0 aliphatic carbocycles. The third-order valence-electron chi connectivity index (χ3n) is 3.82. The van der Waals surface area contributed by atoms with Crippen molar-refractivity contribution >= 4 is 11.8 Å². The highest BCUT2D eigenvalue weighted by Crippen LogP contribution is 2.22. The van der Waals surface area contributed by atoms with E-state index in [1.54, 1.807) is 0 Å². The maximum Gasteiger partial charge on any atom is 0.304 e. The van der Waals surface area contributed by atoms with Gasteiger partial charge in [0, 0.05) is 29.6 Å². The lowest BCUT2D eigenvalue weighted by atomic mass is 9.86. The highest BCUT2D eigenvalue weighted by molar-refractivity contribution is 5.99. The fourth-order valence-electron chi connectivity index (χ4n) is 2.30. The molecule has 0 aliphatic heterocycles. The maximum absolute atomic E-state index is 12.3. The summed E-state index contributed by atoms with van der Waals surface area (Å²) >= 11 is 0. The van der Waals surface area contributed by atoms with E-state index < -0.39 is 5.97 Å². The maximum atomic E-state index is 12.3. The van der Waals surface area contributed by atoms with Gasteiger partial charge >= 0.3 is 5.97 Å². The minimum atomic E-state index is -0.787. The van der Waals surface area contributed by atoms with Gasteiger partial charge in [-0.2, -0.15) is 0 Å². The first-order valence-electron chi connectivity index (χ1n) is 8.02. The first kappa shape index (κ1) is 19.4. The lowest BCUT2D eigenvalue weighted by molar-refractivity contribution is -0.137. The molecule has 4 nitrogen and oxygen atoms in total. The van der Waals surface area contributed by atoms with E-state index in [-0.39, 0.29) is 23.2 Å². The monoisotopic (exact) mass is 319 g/mol. The molecule has 4 heteroatoms. The highest BCUT2D eigenvalue weighted by Gasteiger charge is 2.24. The van der Waals surface area contributed by atoms with Crippen LogP contribution in [0.2, 0.25) is 0 Å². The number of nitrogens with zero attached hydrogens (tertiary/aromatic N) is 1. The molecule has 0 fully saturated rings. The Kier molecular flexibility index (Phi) is 6.11. The van der Waals surface area contributed by atoms with Gasteiger partial charge in [-0.15, -0.1) is 0 Å². The van der Waals surface area contributed by atoms with Gasteiger partial charge in [-0.3, -0.25) is 14.5 Å². The Morgan fingerprint density at radius 1 is 1.00 bits per heavy atom. The number of carbonyl (C=O) groups excluding carboxylic acids is 1. The van der Waals surface area contributed by atoms with Crippen LogP contribution in [-0.4, -0.2) is 33.8 Å². The summed E-state index contributed by atoms with van der Waals surface area (Å²) in [5, 5.41) is 8.90. The van der Waals surface area contributed by atoms with Crippen LogP contribution in [0.15, 0.2) is 24.3 Å². The van der Waals surface area contributed by atoms with E-state index >= 15 is 0 Å². The van der Waals surface area contributed by atoms with E-state index in [2.05, 4.69) is 25.7 Å². The minimum Gasteiger partial charge on any atom is -0.481 e. The molecule has 0 amide bonds. The molecule has 0 bridgehead atoms. The van der Waals surface area contributed by atoms with Crippen LogP contribution in [0, 0.1) is 5.41 Å². The Hall–Kier alpha value is -1.68. The topological polar surface area (TPSA) is 57.6 Å². The number of carboxylic acids is 1. The van der Waals surface area contributed by atoms with Crippen LogP contribution in [0.25, 0.3) is 0 Å². The number of benzene rings is 1. The molecule has 1 N–H and O–H groups in total. The molecular weight excluding hydrogens is 290 g/mol. The molecule has 0 unspecified atom stereocenters. The van der Waals surface area contributed by atoms with Gasteiger partial charge in [0.15, 0.2) is 5.78 Å².